The SMILES string of the molecule is CC(C)([CH2][Sn]1([CH2]C(C)(C)c2ccccc2)[CH]=CC[O]1)c1ccccc1. The zero-order chi connectivity index (χ0) is 18.0. The second kappa shape index (κ2) is 7.28. The molecule has 1 nitrogen and oxygen atoms in total. The molecule has 0 bridgehead atoms. The summed E-state index contributed by atoms with van der Waals surface area (Å²) in [6.07, 6.45) is 2.28. The van der Waals surface area contributed by atoms with Gasteiger partial charge >= 0.3 is 158 Å². The molecular weight excluding hydrogens is 411 g/mol. The molecule has 0 aliphatic carbocycles. The summed E-state index contributed by atoms with van der Waals surface area (Å²) in [6, 6.07) is 21.9. The standard InChI is InChI=1S/2C10H13.C3H4O.Sn/c2*1-10(2,3)9-7-5-4-6-8-9;1-2-3-4;/h2*4-8H,1H2,2-3H3;1-2H,3H2;/q;;-1;+1. The zero-order valence-electron chi connectivity index (χ0n) is 16.0. The molecule has 0 spiro atoms. The van der Waals surface area contributed by atoms with Crippen molar-refractivity contribution in [3.63, 3.8) is 0 Å². The van der Waals surface area contributed by atoms with Crippen molar-refractivity contribution < 1.29 is 3.07 Å². The fourth-order valence-corrected chi connectivity index (χ4v) is 18.6. The Morgan fingerprint density at radius 1 is 0.760 bits per heavy atom. The van der Waals surface area contributed by atoms with Gasteiger partial charge in [0.1, 0.15) is 0 Å². The van der Waals surface area contributed by atoms with Crippen LogP contribution in [0.15, 0.2) is 70.8 Å². The summed E-state index contributed by atoms with van der Waals surface area (Å²) in [7, 11) is 0. The molecule has 0 aromatic heterocycles. The average Bonchev–Trinajstić information content (AvgIpc) is 3.03. The van der Waals surface area contributed by atoms with Gasteiger partial charge in [-0.25, -0.2) is 0 Å². The molecule has 0 saturated heterocycles. The number of rotatable bonds is 6. The molecule has 0 amide bonds. The first-order valence-corrected chi connectivity index (χ1v) is 16.1. The summed E-state index contributed by atoms with van der Waals surface area (Å²) in [6.45, 7) is 10.3. The van der Waals surface area contributed by atoms with Crippen LogP contribution in [0.3, 0.4) is 0 Å². The quantitative estimate of drug-likeness (QED) is 0.499. The molecule has 1 heterocycles. The van der Waals surface area contributed by atoms with E-state index >= 15 is 0 Å². The second-order valence-corrected chi connectivity index (χ2v) is 18.5. The second-order valence-electron chi connectivity index (χ2n) is 8.63. The minimum atomic E-state index is -2.84. The molecule has 132 valence electrons. The van der Waals surface area contributed by atoms with Crippen LogP contribution >= 0.6 is 0 Å². The van der Waals surface area contributed by atoms with E-state index in [1.54, 1.807) is 0 Å². The summed E-state index contributed by atoms with van der Waals surface area (Å²) in [4.78, 5) is 0. The van der Waals surface area contributed by atoms with Crippen molar-refractivity contribution in [3.8, 4) is 0 Å². The third-order valence-electron chi connectivity index (χ3n) is 5.48. The van der Waals surface area contributed by atoms with Crippen molar-refractivity contribution in [2.24, 2.45) is 0 Å². The van der Waals surface area contributed by atoms with Crippen LogP contribution in [0, 0.1) is 0 Å². The van der Waals surface area contributed by atoms with E-state index in [0.29, 0.717) is 0 Å². The Labute approximate surface area is 157 Å². The van der Waals surface area contributed by atoms with Crippen LogP contribution in [0.4, 0.5) is 0 Å². The van der Waals surface area contributed by atoms with Crippen LogP contribution in [-0.2, 0) is 13.9 Å². The van der Waals surface area contributed by atoms with E-state index < -0.39 is 18.8 Å². The van der Waals surface area contributed by atoms with Crippen molar-refractivity contribution in [2.75, 3.05) is 6.61 Å². The first-order chi connectivity index (χ1) is 11.8. The van der Waals surface area contributed by atoms with Gasteiger partial charge in [0.25, 0.3) is 0 Å². The number of benzene rings is 2. The van der Waals surface area contributed by atoms with Crippen LogP contribution in [0.25, 0.3) is 0 Å². The topological polar surface area (TPSA) is 9.23 Å². The third-order valence-corrected chi connectivity index (χ3v) is 18.5. The summed E-state index contributed by atoms with van der Waals surface area (Å²) >= 11 is -2.84. The van der Waals surface area contributed by atoms with Gasteiger partial charge in [-0.2, -0.15) is 0 Å². The molecule has 1 aliphatic rings. The molecule has 0 radical (unpaired) electrons. The van der Waals surface area contributed by atoms with E-state index in [-0.39, 0.29) is 10.8 Å². The molecule has 0 fully saturated rings. The first kappa shape index (κ1) is 18.7. The molecule has 2 aromatic carbocycles. The van der Waals surface area contributed by atoms with Crippen molar-refractivity contribution in [3.05, 3.63) is 82.0 Å². The Balaban J connectivity index is 1.86. The first-order valence-electron chi connectivity index (χ1n) is 9.26. The van der Waals surface area contributed by atoms with E-state index in [1.165, 1.54) is 20.0 Å². The fourth-order valence-electron chi connectivity index (χ4n) is 4.29. The third kappa shape index (κ3) is 4.38. The van der Waals surface area contributed by atoms with Crippen LogP contribution in [0.5, 0.6) is 0 Å². The van der Waals surface area contributed by atoms with Gasteiger partial charge in [-0.15, -0.1) is 0 Å². The molecule has 0 unspecified atom stereocenters. The Kier molecular flexibility index (Phi) is 5.45. The van der Waals surface area contributed by atoms with Crippen molar-refractivity contribution >= 4 is 18.8 Å². The Bertz CT molecular complexity index is 663. The van der Waals surface area contributed by atoms with E-state index in [0.717, 1.165) is 6.61 Å². The summed E-state index contributed by atoms with van der Waals surface area (Å²) < 4.78 is 11.5. The summed E-state index contributed by atoms with van der Waals surface area (Å²) in [5.74, 6) is 0. The molecule has 2 aromatic rings. The van der Waals surface area contributed by atoms with Gasteiger partial charge in [-0.05, 0) is 0 Å². The summed E-state index contributed by atoms with van der Waals surface area (Å²) in [5, 5.41) is 0. The Hall–Kier alpha value is -1.06. The maximum atomic E-state index is 6.55. The molecule has 1 aliphatic heterocycles. The van der Waals surface area contributed by atoms with Crippen LogP contribution in [0.2, 0.25) is 8.87 Å². The molecule has 25 heavy (non-hydrogen) atoms. The molecule has 3 rings (SSSR count). The predicted octanol–water partition coefficient (Wildman–Crippen LogP) is 6.01. The molecular formula is C23H30OSn. The van der Waals surface area contributed by atoms with Crippen molar-refractivity contribution in [1.82, 2.24) is 0 Å². The van der Waals surface area contributed by atoms with Crippen LogP contribution < -0.4 is 0 Å². The number of hydrogen-bond acceptors (Lipinski definition) is 1. The number of hydrogen-bond donors (Lipinski definition) is 0. The predicted molar refractivity (Wildman–Crippen MR) is 109 cm³/mol. The van der Waals surface area contributed by atoms with Crippen molar-refractivity contribution in [2.45, 2.75) is 47.4 Å². The zero-order valence-corrected chi connectivity index (χ0v) is 18.8. The van der Waals surface area contributed by atoms with Gasteiger partial charge in [0, 0.05) is 0 Å². The molecule has 0 N–H and O–H groups in total. The minimum absolute atomic E-state index is 0.152. The summed E-state index contributed by atoms with van der Waals surface area (Å²) in [5.41, 5.74) is 3.15. The van der Waals surface area contributed by atoms with E-state index in [1.807, 2.05) is 0 Å². The van der Waals surface area contributed by atoms with Gasteiger partial charge in [-0.3, -0.25) is 0 Å². The van der Waals surface area contributed by atoms with Crippen LogP contribution in [0.1, 0.15) is 38.8 Å². The normalized spacial score (nSPS) is 17.0. The van der Waals surface area contributed by atoms with Gasteiger partial charge in [0.05, 0.1) is 0 Å². The van der Waals surface area contributed by atoms with Gasteiger partial charge in [0.2, 0.25) is 0 Å². The average molecular weight is 441 g/mol. The Morgan fingerprint density at radius 2 is 1.20 bits per heavy atom. The molecule has 0 saturated carbocycles. The maximum absolute atomic E-state index is 6.55. The van der Waals surface area contributed by atoms with Gasteiger partial charge in [0.15, 0.2) is 0 Å². The van der Waals surface area contributed by atoms with E-state index in [4.69, 9.17) is 3.07 Å². The molecule has 2 heteroatoms. The van der Waals surface area contributed by atoms with E-state index in [2.05, 4.69) is 98.5 Å². The van der Waals surface area contributed by atoms with E-state index in [9.17, 15) is 0 Å². The van der Waals surface area contributed by atoms with Gasteiger partial charge < -0.3 is 0 Å². The molecule has 0 atom stereocenters. The Morgan fingerprint density at radius 3 is 1.56 bits per heavy atom. The van der Waals surface area contributed by atoms with Crippen molar-refractivity contribution in [1.29, 1.82) is 0 Å². The monoisotopic (exact) mass is 442 g/mol. The van der Waals surface area contributed by atoms with Gasteiger partial charge in [-0.1, -0.05) is 0 Å². The van der Waals surface area contributed by atoms with Crippen LogP contribution in [-0.4, -0.2) is 25.4 Å². The fraction of sp³-hybridized carbons (Fsp3) is 0.391.